The fourth-order valence-corrected chi connectivity index (χ4v) is 4.33. The van der Waals surface area contributed by atoms with Crippen LogP contribution in [0, 0.1) is 5.82 Å². The van der Waals surface area contributed by atoms with E-state index in [2.05, 4.69) is 0 Å². The zero-order valence-corrected chi connectivity index (χ0v) is 19.1. The van der Waals surface area contributed by atoms with Crippen LogP contribution in [0.4, 0.5) is 9.52 Å². The zero-order chi connectivity index (χ0) is 23.2. The Morgan fingerprint density at radius 3 is 2.48 bits per heavy atom. The average Bonchev–Trinajstić information content (AvgIpc) is 3.34. The molecule has 5 nitrogen and oxygen atoms in total. The Kier molecular flexibility index (Phi) is 7.00. The predicted octanol–water partition coefficient (Wildman–Crippen LogP) is 5.86. The number of hydrogen-bond donors (Lipinski definition) is 0. The highest BCUT2D eigenvalue weighted by Crippen LogP contribution is 2.36. The molecule has 0 saturated carbocycles. The van der Waals surface area contributed by atoms with Gasteiger partial charge in [-0.15, -0.1) is 11.3 Å². The van der Waals surface area contributed by atoms with Crippen LogP contribution in [0.15, 0.2) is 78.2 Å². The smallest absolute Gasteiger partial charge is 0.263 e. The van der Waals surface area contributed by atoms with E-state index in [0.29, 0.717) is 35.3 Å². The second-order valence-electron chi connectivity index (χ2n) is 7.25. The molecule has 0 atom stereocenters. The van der Waals surface area contributed by atoms with Crippen LogP contribution in [0.1, 0.15) is 15.9 Å². The van der Waals surface area contributed by atoms with E-state index in [9.17, 15) is 9.18 Å². The van der Waals surface area contributed by atoms with Crippen molar-refractivity contribution < 1.29 is 18.7 Å². The van der Waals surface area contributed by atoms with Crippen LogP contribution < -0.4 is 14.4 Å². The van der Waals surface area contributed by atoms with Crippen molar-refractivity contribution in [3.05, 3.63) is 95.1 Å². The normalized spacial score (nSPS) is 10.6. The van der Waals surface area contributed by atoms with Crippen LogP contribution >= 0.6 is 11.3 Å². The number of benzene rings is 3. The lowest BCUT2D eigenvalue weighted by atomic mass is 10.1. The van der Waals surface area contributed by atoms with Crippen molar-refractivity contribution in [1.82, 2.24) is 4.98 Å². The molecule has 0 bridgehead atoms. The van der Waals surface area contributed by atoms with Gasteiger partial charge in [0.25, 0.3) is 5.91 Å². The third kappa shape index (κ3) is 5.04. The van der Waals surface area contributed by atoms with Gasteiger partial charge >= 0.3 is 0 Å². The van der Waals surface area contributed by atoms with Crippen molar-refractivity contribution in [1.29, 1.82) is 0 Å². The molecular weight excluding hydrogens is 439 g/mol. The lowest BCUT2D eigenvalue weighted by Crippen LogP contribution is -2.33. The molecule has 1 amide bonds. The minimum absolute atomic E-state index is 0.0151. The molecule has 1 heterocycles. The molecule has 0 spiro atoms. The van der Waals surface area contributed by atoms with E-state index in [0.717, 1.165) is 11.1 Å². The van der Waals surface area contributed by atoms with Gasteiger partial charge in [0.2, 0.25) is 0 Å². The number of methoxy groups -OCH3 is 2. The summed E-state index contributed by atoms with van der Waals surface area (Å²) in [4.78, 5) is 19.6. The number of thiazole rings is 1. The van der Waals surface area contributed by atoms with Crippen molar-refractivity contribution in [3.63, 3.8) is 0 Å². The van der Waals surface area contributed by atoms with Crippen LogP contribution in [0.2, 0.25) is 0 Å². The summed E-state index contributed by atoms with van der Waals surface area (Å²) in [5.41, 5.74) is 2.49. The minimum Gasteiger partial charge on any atom is -0.497 e. The number of rotatable bonds is 8. The van der Waals surface area contributed by atoms with Gasteiger partial charge in [-0.05, 0) is 42.3 Å². The molecule has 3 aromatic carbocycles. The first kappa shape index (κ1) is 22.5. The van der Waals surface area contributed by atoms with E-state index in [4.69, 9.17) is 14.5 Å². The van der Waals surface area contributed by atoms with Gasteiger partial charge in [0.15, 0.2) is 5.13 Å². The maximum Gasteiger partial charge on any atom is 0.263 e. The molecule has 0 saturated heterocycles. The highest BCUT2D eigenvalue weighted by atomic mass is 32.1. The Balaban J connectivity index is 1.70. The van der Waals surface area contributed by atoms with E-state index in [-0.39, 0.29) is 5.56 Å². The first-order valence-electron chi connectivity index (χ1n) is 10.4. The van der Waals surface area contributed by atoms with Gasteiger partial charge in [-0.25, -0.2) is 9.37 Å². The number of anilines is 1. The Morgan fingerprint density at radius 1 is 1.00 bits per heavy atom. The van der Waals surface area contributed by atoms with Gasteiger partial charge in [-0.2, -0.15) is 0 Å². The van der Waals surface area contributed by atoms with Crippen molar-refractivity contribution in [2.45, 2.75) is 6.42 Å². The fourth-order valence-electron chi connectivity index (χ4n) is 3.48. The predicted molar refractivity (Wildman–Crippen MR) is 129 cm³/mol. The summed E-state index contributed by atoms with van der Waals surface area (Å²) in [5, 5.41) is 2.34. The first-order chi connectivity index (χ1) is 16.1. The Bertz CT molecular complexity index is 1240. The number of carbonyl (C=O) groups excluding carboxylic acids is 1. The first-order valence-corrected chi connectivity index (χ1v) is 11.3. The van der Waals surface area contributed by atoms with E-state index in [1.165, 1.54) is 28.4 Å². The maximum atomic E-state index is 14.4. The summed E-state index contributed by atoms with van der Waals surface area (Å²) in [7, 11) is 3.18. The Hall–Kier alpha value is -3.71. The Morgan fingerprint density at radius 2 is 1.76 bits per heavy atom. The van der Waals surface area contributed by atoms with Gasteiger partial charge in [-0.3, -0.25) is 9.69 Å². The van der Waals surface area contributed by atoms with Gasteiger partial charge in [-0.1, -0.05) is 42.5 Å². The SMILES string of the molecule is COc1ccc(OC)c(-c2csc(N(CCc3ccccc3)C(=O)c3ccccc3F)n2)c1. The van der Waals surface area contributed by atoms with Crippen molar-refractivity contribution >= 4 is 22.4 Å². The molecule has 168 valence electrons. The average molecular weight is 463 g/mol. The van der Waals surface area contributed by atoms with Crippen LogP contribution in [0.25, 0.3) is 11.3 Å². The lowest BCUT2D eigenvalue weighted by Gasteiger charge is -2.20. The summed E-state index contributed by atoms with van der Waals surface area (Å²) in [6.07, 6.45) is 0.610. The summed E-state index contributed by atoms with van der Waals surface area (Å²) < 4.78 is 25.3. The lowest BCUT2D eigenvalue weighted by molar-refractivity contribution is 0.0983. The molecule has 4 aromatic rings. The van der Waals surface area contributed by atoms with Crippen molar-refractivity contribution in [2.24, 2.45) is 0 Å². The molecule has 4 rings (SSSR count). The second-order valence-corrected chi connectivity index (χ2v) is 8.09. The van der Waals surface area contributed by atoms with Crippen LogP contribution in [-0.4, -0.2) is 31.7 Å². The molecule has 7 heteroatoms. The van der Waals surface area contributed by atoms with Crippen molar-refractivity contribution in [3.8, 4) is 22.8 Å². The fraction of sp³-hybridized carbons (Fsp3) is 0.154. The zero-order valence-electron chi connectivity index (χ0n) is 18.3. The van der Waals surface area contributed by atoms with E-state index >= 15 is 0 Å². The number of nitrogens with zero attached hydrogens (tertiary/aromatic N) is 2. The third-order valence-electron chi connectivity index (χ3n) is 5.22. The molecule has 1 aromatic heterocycles. The summed E-state index contributed by atoms with van der Waals surface area (Å²) in [6.45, 7) is 0.360. The summed E-state index contributed by atoms with van der Waals surface area (Å²) >= 11 is 1.32. The summed E-state index contributed by atoms with van der Waals surface area (Å²) in [5.74, 6) is 0.327. The number of amides is 1. The van der Waals surface area contributed by atoms with Gasteiger partial charge in [0.05, 0.1) is 25.5 Å². The number of carbonyl (C=O) groups is 1. The highest BCUT2D eigenvalue weighted by molar-refractivity contribution is 7.14. The van der Waals surface area contributed by atoms with E-state index in [1.807, 2.05) is 53.9 Å². The molecule has 0 radical (unpaired) electrons. The summed E-state index contributed by atoms with van der Waals surface area (Å²) in [6, 6.07) is 21.3. The molecule has 0 unspecified atom stereocenters. The molecule has 0 aliphatic heterocycles. The van der Waals surface area contributed by atoms with Crippen LogP contribution in [0.3, 0.4) is 0 Å². The minimum atomic E-state index is -0.557. The topological polar surface area (TPSA) is 51.7 Å². The number of aromatic nitrogens is 1. The molecule has 0 N–H and O–H groups in total. The third-order valence-corrected chi connectivity index (χ3v) is 6.09. The monoisotopic (exact) mass is 462 g/mol. The van der Waals surface area contributed by atoms with Crippen molar-refractivity contribution in [2.75, 3.05) is 25.7 Å². The maximum absolute atomic E-state index is 14.4. The number of hydrogen-bond acceptors (Lipinski definition) is 5. The van der Waals surface area contributed by atoms with E-state index < -0.39 is 11.7 Å². The van der Waals surface area contributed by atoms with Crippen LogP contribution in [0.5, 0.6) is 11.5 Å². The molecule has 33 heavy (non-hydrogen) atoms. The van der Waals surface area contributed by atoms with Gasteiger partial charge in [0, 0.05) is 17.5 Å². The van der Waals surface area contributed by atoms with Gasteiger partial charge < -0.3 is 9.47 Å². The van der Waals surface area contributed by atoms with Gasteiger partial charge in [0.1, 0.15) is 17.3 Å². The molecular formula is C26H23FN2O3S. The number of ether oxygens (including phenoxy) is 2. The molecule has 0 fully saturated rings. The standard InChI is InChI=1S/C26H23FN2O3S/c1-31-19-12-13-24(32-2)21(16-19)23-17-33-26(28-23)29(15-14-18-8-4-3-5-9-18)25(30)20-10-6-7-11-22(20)27/h3-13,16-17H,14-15H2,1-2H3. The van der Waals surface area contributed by atoms with E-state index in [1.54, 1.807) is 26.4 Å². The molecule has 0 aliphatic carbocycles. The molecule has 0 aliphatic rings. The Labute approximate surface area is 196 Å². The quantitative estimate of drug-likeness (QED) is 0.329. The highest BCUT2D eigenvalue weighted by Gasteiger charge is 2.24. The van der Waals surface area contributed by atoms with Crippen LogP contribution in [-0.2, 0) is 6.42 Å². The number of halogens is 1. The second kappa shape index (κ2) is 10.3. The largest absolute Gasteiger partial charge is 0.497 e.